The average molecular weight is 1170 g/mol. The minimum absolute atomic E-state index is 0.804. The Labute approximate surface area is 533 Å². The van der Waals surface area contributed by atoms with Crippen LogP contribution in [0, 0.1) is 59.2 Å². The van der Waals surface area contributed by atoms with Crippen LogP contribution in [0.3, 0.4) is 0 Å². The molecule has 0 heteroatoms. The molecule has 0 N–H and O–H groups in total. The lowest BCUT2D eigenvalue weighted by atomic mass is 9.89. The van der Waals surface area contributed by atoms with E-state index in [0.29, 0.717) is 0 Å². The van der Waals surface area contributed by atoms with Crippen LogP contribution in [-0.2, 0) is 0 Å². The highest BCUT2D eigenvalue weighted by atomic mass is 14.2. The number of unbranched alkanes of at least 4 members (excludes halogenated alkanes) is 18. The van der Waals surface area contributed by atoms with Gasteiger partial charge in [0.25, 0.3) is 0 Å². The molecule has 0 aliphatic carbocycles. The van der Waals surface area contributed by atoms with E-state index in [2.05, 4.69) is 163 Å². The Kier molecular flexibility index (Phi) is 85.3. The SMILES string of the molecule is CCCCC(C/C=C\CC(C)C)CCCC.CCCCC(CCCC)CCCCC(C)C.CCCCCC(/C=C\CC(C)C)CCCCC.CCCCCC(CCCCC)CCC(C)C.CCCCCC(CCCCC)CCCCC(C)C. The standard InChI is InChI=1S/C18H38.C17H34.C16H34.C16H32.C16H34/c1-5-7-9-14-18(15-10-8-6-2)16-12-11-13-17(3)4;1-5-7-9-13-17(14-10-8-6-2)15-11-12-16(3)4;2*1-5-7-12-16(13-8-6-2)14-10-9-11-15(3)4;1-5-7-9-11-16(12-10-8-6-2)14-13-15(3)4/h17-18H,5-16H2,1-4H3;11,15-17H,5-10,12-14H2,1-4H3;15-16H,5-14H2,1-4H3;9-10,15-16H,5-8,11-14H2,1-4H3;15-16H,5-14H2,1-4H3/b;15-11-;;10-9-;. The van der Waals surface area contributed by atoms with Gasteiger partial charge in [0.1, 0.15) is 0 Å². The van der Waals surface area contributed by atoms with Gasteiger partial charge >= 0.3 is 0 Å². The molecule has 0 nitrogen and oxygen atoms in total. The highest BCUT2D eigenvalue weighted by Crippen LogP contribution is 2.27. The molecule has 0 rings (SSSR count). The molecule has 0 fully saturated rings. The van der Waals surface area contributed by atoms with Crippen molar-refractivity contribution in [1.82, 2.24) is 0 Å². The zero-order valence-electron chi connectivity index (χ0n) is 62.7. The lowest BCUT2D eigenvalue weighted by molar-refractivity contribution is 0.355. The lowest BCUT2D eigenvalue weighted by Gasteiger charge is -2.17. The molecule has 0 saturated heterocycles. The summed E-state index contributed by atoms with van der Waals surface area (Å²) in [5.41, 5.74) is 0. The number of hydrogen-bond acceptors (Lipinski definition) is 0. The van der Waals surface area contributed by atoms with Crippen LogP contribution in [0.4, 0.5) is 0 Å². The van der Waals surface area contributed by atoms with Crippen LogP contribution in [0.25, 0.3) is 0 Å². The third-order valence-electron chi connectivity index (χ3n) is 17.8. The van der Waals surface area contributed by atoms with E-state index < -0.39 is 0 Å². The molecule has 0 radical (unpaired) electrons. The largest absolute Gasteiger partial charge is 0.0883 e. The van der Waals surface area contributed by atoms with Crippen LogP contribution in [0.5, 0.6) is 0 Å². The molecule has 0 heterocycles. The van der Waals surface area contributed by atoms with Crippen LogP contribution in [0.15, 0.2) is 24.3 Å². The zero-order valence-corrected chi connectivity index (χ0v) is 62.7. The van der Waals surface area contributed by atoms with Crippen LogP contribution >= 0.6 is 0 Å². The van der Waals surface area contributed by atoms with E-state index in [9.17, 15) is 0 Å². The average Bonchev–Trinajstić information content (AvgIpc) is 3.45. The Morgan fingerprint density at radius 1 is 0.181 bits per heavy atom. The molecule has 504 valence electrons. The van der Waals surface area contributed by atoms with Crippen LogP contribution in [0.2, 0.25) is 0 Å². The van der Waals surface area contributed by atoms with E-state index in [4.69, 9.17) is 0 Å². The second-order valence-electron chi connectivity index (χ2n) is 29.5. The summed E-state index contributed by atoms with van der Waals surface area (Å²) in [7, 11) is 0. The monoisotopic (exact) mass is 1170 g/mol. The van der Waals surface area contributed by atoms with Gasteiger partial charge in [0, 0.05) is 0 Å². The Morgan fingerprint density at radius 2 is 0.410 bits per heavy atom. The van der Waals surface area contributed by atoms with Crippen LogP contribution in [-0.4, -0.2) is 0 Å². The molecule has 0 unspecified atom stereocenters. The Balaban J connectivity index is -0.000000306. The van der Waals surface area contributed by atoms with Crippen molar-refractivity contribution in [3.8, 4) is 0 Å². The third kappa shape index (κ3) is 85.7. The van der Waals surface area contributed by atoms with Crippen molar-refractivity contribution < 1.29 is 0 Å². The Bertz CT molecular complexity index is 1090. The first kappa shape index (κ1) is 91.2. The van der Waals surface area contributed by atoms with Crippen molar-refractivity contribution in [3.05, 3.63) is 24.3 Å². The molecule has 0 aromatic rings. The summed E-state index contributed by atoms with van der Waals surface area (Å²) in [6.07, 6.45) is 79.3. The summed E-state index contributed by atoms with van der Waals surface area (Å²) >= 11 is 0. The molecule has 0 aliphatic rings. The smallest absolute Gasteiger partial charge is 0.0234 e. The van der Waals surface area contributed by atoms with E-state index in [-0.39, 0.29) is 0 Å². The van der Waals surface area contributed by atoms with Crippen molar-refractivity contribution in [2.75, 3.05) is 0 Å². The fourth-order valence-corrected chi connectivity index (χ4v) is 11.8. The number of rotatable bonds is 56. The topological polar surface area (TPSA) is 0 Å². The molecule has 0 aliphatic heterocycles. The molecule has 0 saturated carbocycles. The van der Waals surface area contributed by atoms with Crippen LogP contribution in [0.1, 0.15) is 453 Å². The van der Waals surface area contributed by atoms with E-state index in [0.717, 1.165) is 59.2 Å². The first-order valence-electron chi connectivity index (χ1n) is 39.3. The molecule has 0 amide bonds. The van der Waals surface area contributed by atoms with Gasteiger partial charge in [0.15, 0.2) is 0 Å². The van der Waals surface area contributed by atoms with Gasteiger partial charge in [-0.1, -0.05) is 445 Å². The van der Waals surface area contributed by atoms with E-state index in [1.165, 1.54) is 315 Å². The van der Waals surface area contributed by atoms with Crippen molar-refractivity contribution >= 4 is 0 Å². The molecular formula is C83H172. The summed E-state index contributed by atoms with van der Waals surface area (Å²) < 4.78 is 0. The normalized spacial score (nSPS) is 11.8. The van der Waals surface area contributed by atoms with Crippen molar-refractivity contribution in [2.45, 2.75) is 453 Å². The van der Waals surface area contributed by atoms with Crippen molar-refractivity contribution in [3.63, 3.8) is 0 Å². The summed E-state index contributed by atoms with van der Waals surface area (Å²) in [5, 5.41) is 0. The third-order valence-corrected chi connectivity index (χ3v) is 17.8. The highest BCUT2D eigenvalue weighted by Gasteiger charge is 2.12. The Hall–Kier alpha value is -0.520. The first-order chi connectivity index (χ1) is 40.0. The fraction of sp³-hybridized carbons (Fsp3) is 0.952. The minimum Gasteiger partial charge on any atom is -0.0883 e. The zero-order chi connectivity index (χ0) is 63.3. The van der Waals surface area contributed by atoms with Crippen molar-refractivity contribution in [1.29, 1.82) is 0 Å². The van der Waals surface area contributed by atoms with Gasteiger partial charge in [0.2, 0.25) is 0 Å². The molecular weight excluding hydrogens is 997 g/mol. The molecule has 0 spiro atoms. The maximum Gasteiger partial charge on any atom is -0.0234 e. The summed E-state index contributed by atoms with van der Waals surface area (Å²) in [6, 6.07) is 0. The molecule has 0 bridgehead atoms. The quantitative estimate of drug-likeness (QED) is 0.0421. The van der Waals surface area contributed by atoms with Crippen molar-refractivity contribution in [2.24, 2.45) is 59.2 Å². The van der Waals surface area contributed by atoms with E-state index in [1.54, 1.807) is 0 Å². The van der Waals surface area contributed by atoms with Gasteiger partial charge in [0.05, 0.1) is 0 Å². The van der Waals surface area contributed by atoms with Gasteiger partial charge < -0.3 is 0 Å². The van der Waals surface area contributed by atoms with E-state index >= 15 is 0 Å². The minimum atomic E-state index is 0.804. The summed E-state index contributed by atoms with van der Waals surface area (Å²) in [4.78, 5) is 0. The predicted molar refractivity (Wildman–Crippen MR) is 393 cm³/mol. The van der Waals surface area contributed by atoms with Crippen LogP contribution < -0.4 is 0 Å². The second kappa shape index (κ2) is 77.6. The number of allylic oxidation sites excluding steroid dienone is 4. The second-order valence-corrected chi connectivity index (χ2v) is 29.5. The maximum atomic E-state index is 2.51. The van der Waals surface area contributed by atoms with Gasteiger partial charge in [-0.3, -0.25) is 0 Å². The van der Waals surface area contributed by atoms with E-state index in [1.807, 2.05) is 0 Å². The lowest BCUT2D eigenvalue weighted by Crippen LogP contribution is -2.03. The number of hydrogen-bond donors (Lipinski definition) is 0. The Morgan fingerprint density at radius 3 is 0.699 bits per heavy atom. The fourth-order valence-electron chi connectivity index (χ4n) is 11.8. The highest BCUT2D eigenvalue weighted by molar-refractivity contribution is 4.89. The maximum absolute atomic E-state index is 2.51. The van der Waals surface area contributed by atoms with Gasteiger partial charge in [-0.05, 0) is 91.3 Å². The van der Waals surface area contributed by atoms with Gasteiger partial charge in [-0.25, -0.2) is 0 Å². The van der Waals surface area contributed by atoms with Gasteiger partial charge in [-0.15, -0.1) is 0 Å². The molecule has 0 aromatic heterocycles. The molecule has 0 aromatic carbocycles. The predicted octanol–water partition coefficient (Wildman–Crippen LogP) is 31.7. The van der Waals surface area contributed by atoms with Gasteiger partial charge in [-0.2, -0.15) is 0 Å². The summed E-state index contributed by atoms with van der Waals surface area (Å²) in [5.74, 6) is 9.19. The summed E-state index contributed by atoms with van der Waals surface area (Å²) in [6.45, 7) is 46.3. The molecule has 83 heavy (non-hydrogen) atoms. The first-order valence-corrected chi connectivity index (χ1v) is 39.3. The molecule has 0 atom stereocenters.